The van der Waals surface area contributed by atoms with Crippen molar-refractivity contribution in [3.63, 3.8) is 0 Å². The molecule has 1 aromatic rings. The van der Waals surface area contributed by atoms with Gasteiger partial charge < -0.3 is 0 Å². The van der Waals surface area contributed by atoms with Crippen molar-refractivity contribution in [1.82, 2.24) is 0 Å². The quantitative estimate of drug-likeness (QED) is 0.735. The van der Waals surface area contributed by atoms with Gasteiger partial charge in [0.25, 0.3) is 3.12 Å². The Morgan fingerprint density at radius 2 is 1.35 bits per heavy atom. The summed E-state index contributed by atoms with van der Waals surface area (Å²) >= 11 is 15.6. The van der Waals surface area contributed by atoms with Gasteiger partial charge in [-0.1, -0.05) is 34.8 Å². The van der Waals surface area contributed by atoms with Crippen LogP contribution < -0.4 is 0 Å². The Hall–Kier alpha value is -0.170. The van der Waals surface area contributed by atoms with E-state index in [0.29, 0.717) is 12.1 Å². The van der Waals surface area contributed by atoms with Crippen molar-refractivity contribution in [3.8, 4) is 0 Å². The second-order valence-corrected chi connectivity index (χ2v) is 8.02. The Morgan fingerprint density at radius 3 is 1.65 bits per heavy atom. The normalized spacial score (nSPS) is 13.8. The minimum Gasteiger partial charge on any atom is -0.219 e. The van der Waals surface area contributed by atoms with Crippen molar-refractivity contribution in [2.24, 2.45) is 0 Å². The van der Waals surface area contributed by atoms with E-state index in [1.807, 2.05) is 0 Å². The van der Waals surface area contributed by atoms with Gasteiger partial charge >= 0.3 is 6.18 Å². The minimum absolute atomic E-state index is 0.495. The molecule has 9 heteroatoms. The van der Waals surface area contributed by atoms with Gasteiger partial charge in [0.15, 0.2) is 0 Å². The molecular formula is C8H4Cl3F3O2S. The molecular weight excluding hydrogens is 324 g/mol. The summed E-state index contributed by atoms with van der Waals surface area (Å²) in [6, 6.07) is 2.67. The molecule has 0 amide bonds. The van der Waals surface area contributed by atoms with Crippen molar-refractivity contribution in [2.45, 2.75) is 14.2 Å². The van der Waals surface area contributed by atoms with Crippen LogP contribution in [0.2, 0.25) is 0 Å². The lowest BCUT2D eigenvalue weighted by atomic mass is 10.2. The molecule has 0 aliphatic rings. The largest absolute Gasteiger partial charge is 0.416 e. The molecule has 0 bridgehead atoms. The molecule has 0 spiro atoms. The molecule has 0 unspecified atom stereocenters. The summed E-state index contributed by atoms with van der Waals surface area (Å²) in [5.41, 5.74) is -0.985. The molecule has 0 aliphatic carbocycles. The Morgan fingerprint density at radius 1 is 0.941 bits per heavy atom. The van der Waals surface area contributed by atoms with Crippen molar-refractivity contribution < 1.29 is 21.6 Å². The van der Waals surface area contributed by atoms with E-state index >= 15 is 0 Å². The third-order valence-electron chi connectivity index (χ3n) is 1.80. The zero-order chi connectivity index (χ0) is 13.5. The summed E-state index contributed by atoms with van der Waals surface area (Å²) in [6.45, 7) is 0. The van der Waals surface area contributed by atoms with Crippen LogP contribution in [0.25, 0.3) is 0 Å². The summed E-state index contributed by atoms with van der Waals surface area (Å²) in [5.74, 6) is 0. The lowest BCUT2D eigenvalue weighted by Crippen LogP contribution is -2.19. The van der Waals surface area contributed by atoms with Gasteiger partial charge in [-0.05, 0) is 24.3 Å². The Kier molecular flexibility index (Phi) is 3.94. The molecule has 96 valence electrons. The van der Waals surface area contributed by atoms with Gasteiger partial charge in [-0.2, -0.15) is 13.2 Å². The van der Waals surface area contributed by atoms with E-state index < -0.39 is 29.6 Å². The maximum atomic E-state index is 12.2. The summed E-state index contributed by atoms with van der Waals surface area (Å²) in [4.78, 5) is -0.495. The second kappa shape index (κ2) is 4.50. The zero-order valence-corrected chi connectivity index (χ0v) is 10.9. The minimum atomic E-state index is -4.55. The topological polar surface area (TPSA) is 34.1 Å². The molecule has 0 saturated heterocycles. The van der Waals surface area contributed by atoms with Gasteiger partial charge in [-0.15, -0.1) is 0 Å². The fourth-order valence-electron chi connectivity index (χ4n) is 0.957. The first-order valence-corrected chi connectivity index (χ1v) is 6.56. The highest BCUT2D eigenvalue weighted by Gasteiger charge is 2.39. The fraction of sp³-hybridized carbons (Fsp3) is 0.250. The van der Waals surface area contributed by atoms with Crippen LogP contribution in [0.15, 0.2) is 29.2 Å². The number of sulfone groups is 1. The van der Waals surface area contributed by atoms with Gasteiger partial charge in [-0.25, -0.2) is 8.42 Å². The van der Waals surface area contributed by atoms with Crippen LogP contribution in [0.4, 0.5) is 13.2 Å². The molecule has 0 fully saturated rings. The summed E-state index contributed by atoms with van der Waals surface area (Å²) < 4.78 is 57.1. The van der Waals surface area contributed by atoms with E-state index in [1.165, 1.54) is 0 Å². The first-order chi connectivity index (χ1) is 7.46. The van der Waals surface area contributed by atoms with Crippen molar-refractivity contribution >= 4 is 44.6 Å². The average molecular weight is 328 g/mol. The van der Waals surface area contributed by atoms with Crippen LogP contribution in [-0.2, 0) is 16.0 Å². The SMILES string of the molecule is O=S(=O)(c1ccc(C(F)(F)F)cc1)C(Cl)(Cl)Cl. The lowest BCUT2D eigenvalue weighted by molar-refractivity contribution is -0.137. The van der Waals surface area contributed by atoms with Crippen LogP contribution in [0, 0.1) is 0 Å². The molecule has 0 radical (unpaired) electrons. The molecule has 1 aromatic carbocycles. The number of rotatable bonds is 1. The molecule has 1 rings (SSSR count). The van der Waals surface area contributed by atoms with Crippen molar-refractivity contribution in [1.29, 1.82) is 0 Å². The van der Waals surface area contributed by atoms with E-state index in [-0.39, 0.29) is 0 Å². The highest BCUT2D eigenvalue weighted by atomic mass is 35.6. The van der Waals surface area contributed by atoms with Gasteiger partial charge in [0.1, 0.15) is 0 Å². The van der Waals surface area contributed by atoms with Crippen LogP contribution >= 0.6 is 34.8 Å². The van der Waals surface area contributed by atoms with Gasteiger partial charge in [0.2, 0.25) is 9.84 Å². The molecule has 2 nitrogen and oxygen atoms in total. The Labute approximate surface area is 110 Å². The van der Waals surface area contributed by atoms with Gasteiger partial charge in [0.05, 0.1) is 10.5 Å². The van der Waals surface area contributed by atoms with Crippen LogP contribution in [-0.4, -0.2) is 11.5 Å². The van der Waals surface area contributed by atoms with Gasteiger partial charge in [-0.3, -0.25) is 0 Å². The highest BCUT2D eigenvalue weighted by molar-refractivity contribution is 7.97. The summed E-state index contributed by atoms with van der Waals surface area (Å²) in [5, 5.41) is 0. The smallest absolute Gasteiger partial charge is 0.219 e. The summed E-state index contributed by atoms with van der Waals surface area (Å²) in [6.07, 6.45) is -4.55. The van der Waals surface area contributed by atoms with Crippen LogP contribution in [0.1, 0.15) is 5.56 Å². The van der Waals surface area contributed by atoms with Crippen molar-refractivity contribution in [3.05, 3.63) is 29.8 Å². The lowest BCUT2D eigenvalue weighted by Gasteiger charge is -2.13. The number of halogens is 6. The maximum Gasteiger partial charge on any atom is 0.416 e. The number of hydrogen-bond donors (Lipinski definition) is 0. The molecule has 0 heterocycles. The van der Waals surface area contributed by atoms with E-state index in [2.05, 4.69) is 0 Å². The average Bonchev–Trinajstić information content (AvgIpc) is 2.15. The van der Waals surface area contributed by atoms with Crippen molar-refractivity contribution in [2.75, 3.05) is 0 Å². The number of alkyl halides is 6. The van der Waals surface area contributed by atoms with E-state index in [0.717, 1.165) is 12.1 Å². The molecule has 0 aliphatic heterocycles. The summed E-state index contributed by atoms with van der Waals surface area (Å²) in [7, 11) is -4.31. The van der Waals surface area contributed by atoms with Crippen LogP contribution in [0.3, 0.4) is 0 Å². The third kappa shape index (κ3) is 3.19. The molecule has 0 saturated carbocycles. The molecule has 0 N–H and O–H groups in total. The molecule has 17 heavy (non-hydrogen) atoms. The highest BCUT2D eigenvalue weighted by Crippen LogP contribution is 2.38. The standard InChI is InChI=1S/C8H4Cl3F3O2S/c9-8(10,11)17(15,16)6-3-1-5(2-4-6)7(12,13)14/h1-4H. The monoisotopic (exact) mass is 326 g/mol. The first-order valence-electron chi connectivity index (χ1n) is 3.95. The molecule has 0 atom stereocenters. The predicted molar refractivity (Wildman–Crippen MR) is 58.9 cm³/mol. The third-order valence-corrected chi connectivity index (χ3v) is 5.13. The van der Waals surface area contributed by atoms with Crippen LogP contribution in [0.5, 0.6) is 0 Å². The second-order valence-electron chi connectivity index (χ2n) is 2.97. The Bertz CT molecular complexity index is 502. The number of hydrogen-bond acceptors (Lipinski definition) is 2. The maximum absolute atomic E-state index is 12.2. The fourth-order valence-corrected chi connectivity index (χ4v) is 2.52. The van der Waals surface area contributed by atoms with Gasteiger partial charge in [0, 0.05) is 0 Å². The molecule has 0 aromatic heterocycles. The van der Waals surface area contributed by atoms with E-state index in [1.54, 1.807) is 0 Å². The Balaban J connectivity index is 3.22. The zero-order valence-electron chi connectivity index (χ0n) is 7.80. The number of benzene rings is 1. The van der Waals surface area contributed by atoms with E-state index in [9.17, 15) is 21.6 Å². The first kappa shape index (κ1) is 14.9. The van der Waals surface area contributed by atoms with E-state index in [4.69, 9.17) is 34.8 Å². The predicted octanol–water partition coefficient (Wildman–Crippen LogP) is 3.81.